The second-order valence-corrected chi connectivity index (χ2v) is 3.67. The summed E-state index contributed by atoms with van der Waals surface area (Å²) in [5, 5.41) is 8.80. The van der Waals surface area contributed by atoms with E-state index < -0.39 is 5.97 Å². The lowest BCUT2D eigenvalue weighted by atomic mass is 10.0. The molecule has 0 spiro atoms. The molecule has 0 aliphatic carbocycles. The van der Waals surface area contributed by atoms with Gasteiger partial charge < -0.3 is 5.11 Å². The van der Waals surface area contributed by atoms with E-state index in [0.29, 0.717) is 17.7 Å². The molecule has 2 bridgehead atoms. The molecule has 66 valence electrons. The molecule has 3 nitrogen and oxygen atoms in total. The maximum atomic E-state index is 10.7. The van der Waals surface area contributed by atoms with E-state index in [4.69, 9.17) is 5.11 Å². The van der Waals surface area contributed by atoms with E-state index in [2.05, 4.69) is 11.9 Å². The van der Waals surface area contributed by atoms with E-state index in [9.17, 15) is 4.79 Å². The van der Waals surface area contributed by atoms with Crippen molar-refractivity contribution in [3.63, 3.8) is 0 Å². The molecule has 1 fully saturated rings. The van der Waals surface area contributed by atoms with E-state index in [1.54, 1.807) is 0 Å². The summed E-state index contributed by atoms with van der Waals surface area (Å²) in [6.07, 6.45) is 4.90. The van der Waals surface area contributed by atoms with Crippen molar-refractivity contribution in [2.45, 2.75) is 31.3 Å². The highest BCUT2D eigenvalue weighted by Gasteiger charge is 2.35. The van der Waals surface area contributed by atoms with Gasteiger partial charge in [0.2, 0.25) is 0 Å². The smallest absolute Gasteiger partial charge is 0.331 e. The lowest BCUT2D eigenvalue weighted by Gasteiger charge is -2.28. The molecule has 2 aliphatic heterocycles. The number of carboxylic acid groups (broad SMARTS) is 1. The summed E-state index contributed by atoms with van der Waals surface area (Å²) in [7, 11) is 2.08. The normalized spacial score (nSPS) is 34.9. The maximum Gasteiger partial charge on any atom is 0.331 e. The molecule has 0 aromatic rings. The van der Waals surface area contributed by atoms with Crippen LogP contribution in [0.4, 0.5) is 0 Å². The summed E-state index contributed by atoms with van der Waals surface area (Å²) in [4.78, 5) is 13.0. The van der Waals surface area contributed by atoms with Gasteiger partial charge in [0.05, 0.1) is 0 Å². The zero-order chi connectivity index (χ0) is 8.72. The van der Waals surface area contributed by atoms with Crippen LogP contribution in [0.3, 0.4) is 0 Å². The molecular formula is C9H13NO2. The SMILES string of the molecule is CN1C2C=C(C(=O)O)CC1CC2. The largest absolute Gasteiger partial charge is 0.478 e. The van der Waals surface area contributed by atoms with Crippen LogP contribution in [-0.4, -0.2) is 35.1 Å². The van der Waals surface area contributed by atoms with E-state index in [-0.39, 0.29) is 0 Å². The highest BCUT2D eigenvalue weighted by molar-refractivity contribution is 5.87. The fourth-order valence-corrected chi connectivity index (χ4v) is 2.20. The van der Waals surface area contributed by atoms with E-state index in [1.165, 1.54) is 0 Å². The third-order valence-electron chi connectivity index (χ3n) is 3.02. The van der Waals surface area contributed by atoms with Crippen molar-refractivity contribution in [2.24, 2.45) is 0 Å². The maximum absolute atomic E-state index is 10.7. The second-order valence-electron chi connectivity index (χ2n) is 3.67. The molecule has 0 radical (unpaired) electrons. The number of carbonyl (C=O) groups is 1. The quantitative estimate of drug-likeness (QED) is 0.629. The number of likely N-dealkylation sites (N-methyl/N-ethyl adjacent to an activating group) is 1. The predicted molar refractivity (Wildman–Crippen MR) is 44.9 cm³/mol. The monoisotopic (exact) mass is 167 g/mol. The van der Waals surface area contributed by atoms with Crippen LogP contribution in [0.2, 0.25) is 0 Å². The van der Waals surface area contributed by atoms with E-state index in [0.717, 1.165) is 19.3 Å². The van der Waals surface area contributed by atoms with Crippen molar-refractivity contribution in [3.8, 4) is 0 Å². The summed E-state index contributed by atoms with van der Waals surface area (Å²) < 4.78 is 0. The van der Waals surface area contributed by atoms with Crippen molar-refractivity contribution >= 4 is 5.97 Å². The molecule has 2 heterocycles. The van der Waals surface area contributed by atoms with Gasteiger partial charge in [-0.15, -0.1) is 0 Å². The van der Waals surface area contributed by atoms with Gasteiger partial charge in [0.1, 0.15) is 0 Å². The first-order chi connectivity index (χ1) is 5.68. The number of fused-ring (bicyclic) bond motifs is 2. The molecule has 1 saturated heterocycles. The zero-order valence-corrected chi connectivity index (χ0v) is 7.16. The molecule has 2 rings (SSSR count). The minimum atomic E-state index is -0.736. The molecule has 12 heavy (non-hydrogen) atoms. The van der Waals surface area contributed by atoms with Crippen molar-refractivity contribution in [3.05, 3.63) is 11.6 Å². The van der Waals surface area contributed by atoms with Crippen LogP contribution >= 0.6 is 0 Å². The number of carboxylic acids is 1. The Hall–Kier alpha value is -0.830. The van der Waals surface area contributed by atoms with Crippen molar-refractivity contribution in [1.29, 1.82) is 0 Å². The Bertz CT molecular complexity index is 247. The summed E-state index contributed by atoms with van der Waals surface area (Å²) in [5.74, 6) is -0.736. The Balaban J connectivity index is 2.23. The fraction of sp³-hybridized carbons (Fsp3) is 0.667. The lowest BCUT2D eigenvalue weighted by molar-refractivity contribution is -0.133. The second kappa shape index (κ2) is 2.59. The topological polar surface area (TPSA) is 40.5 Å². The molecule has 0 amide bonds. The van der Waals surface area contributed by atoms with Gasteiger partial charge in [-0.1, -0.05) is 6.08 Å². The van der Waals surface area contributed by atoms with Gasteiger partial charge in [-0.3, -0.25) is 4.90 Å². The number of hydrogen-bond donors (Lipinski definition) is 1. The predicted octanol–water partition coefficient (Wildman–Crippen LogP) is 0.864. The summed E-state index contributed by atoms with van der Waals surface area (Å²) in [6, 6.07) is 0.862. The van der Waals surface area contributed by atoms with Gasteiger partial charge in [-0.2, -0.15) is 0 Å². The standard InChI is InChI=1S/C9H13NO2/c1-10-7-2-3-8(10)5-6(4-7)9(11)12/h4,7-8H,2-3,5H2,1H3,(H,11,12). The van der Waals surface area contributed by atoms with Gasteiger partial charge in [0.25, 0.3) is 0 Å². The average Bonchev–Trinajstić information content (AvgIpc) is 2.30. The van der Waals surface area contributed by atoms with E-state index >= 15 is 0 Å². The third kappa shape index (κ3) is 1.05. The molecule has 2 aliphatic rings. The Kier molecular flexibility index (Phi) is 1.68. The molecule has 0 aromatic carbocycles. The first-order valence-electron chi connectivity index (χ1n) is 4.34. The lowest BCUT2D eigenvalue weighted by Crippen LogP contribution is -2.36. The Morgan fingerprint density at radius 1 is 1.67 bits per heavy atom. The number of hydrogen-bond acceptors (Lipinski definition) is 2. The minimum Gasteiger partial charge on any atom is -0.478 e. The van der Waals surface area contributed by atoms with Crippen LogP contribution in [0, 0.1) is 0 Å². The Morgan fingerprint density at radius 2 is 2.42 bits per heavy atom. The number of aliphatic carboxylic acids is 1. The third-order valence-corrected chi connectivity index (χ3v) is 3.02. The fourth-order valence-electron chi connectivity index (χ4n) is 2.20. The minimum absolute atomic E-state index is 0.384. The highest BCUT2D eigenvalue weighted by Crippen LogP contribution is 2.33. The first-order valence-corrected chi connectivity index (χ1v) is 4.34. The van der Waals surface area contributed by atoms with Crippen LogP contribution in [0.15, 0.2) is 11.6 Å². The van der Waals surface area contributed by atoms with Gasteiger partial charge >= 0.3 is 5.97 Å². The highest BCUT2D eigenvalue weighted by atomic mass is 16.4. The van der Waals surface area contributed by atoms with Crippen LogP contribution in [0.1, 0.15) is 19.3 Å². The Morgan fingerprint density at radius 3 is 3.00 bits per heavy atom. The number of nitrogens with zero attached hydrogens (tertiary/aromatic N) is 1. The molecule has 0 saturated carbocycles. The first kappa shape index (κ1) is 7.80. The molecule has 2 atom stereocenters. The molecular weight excluding hydrogens is 154 g/mol. The van der Waals surface area contributed by atoms with Crippen molar-refractivity contribution in [1.82, 2.24) is 4.90 Å². The average molecular weight is 167 g/mol. The van der Waals surface area contributed by atoms with Crippen LogP contribution in [-0.2, 0) is 4.79 Å². The van der Waals surface area contributed by atoms with Crippen LogP contribution in [0.25, 0.3) is 0 Å². The molecule has 3 heteroatoms. The summed E-state index contributed by atoms with van der Waals surface area (Å²) in [6.45, 7) is 0. The van der Waals surface area contributed by atoms with Crippen molar-refractivity contribution in [2.75, 3.05) is 7.05 Å². The summed E-state index contributed by atoms with van der Waals surface area (Å²) in [5.41, 5.74) is 0.612. The van der Waals surface area contributed by atoms with E-state index in [1.807, 2.05) is 6.08 Å². The number of rotatable bonds is 1. The van der Waals surface area contributed by atoms with Gasteiger partial charge in [0, 0.05) is 17.7 Å². The molecule has 1 N–H and O–H groups in total. The van der Waals surface area contributed by atoms with Gasteiger partial charge in [0.15, 0.2) is 0 Å². The van der Waals surface area contributed by atoms with Gasteiger partial charge in [-0.05, 0) is 26.3 Å². The van der Waals surface area contributed by atoms with Crippen LogP contribution in [0.5, 0.6) is 0 Å². The summed E-state index contributed by atoms with van der Waals surface area (Å²) >= 11 is 0. The van der Waals surface area contributed by atoms with Crippen LogP contribution < -0.4 is 0 Å². The Labute approximate surface area is 71.7 Å². The zero-order valence-electron chi connectivity index (χ0n) is 7.16. The van der Waals surface area contributed by atoms with Crippen molar-refractivity contribution < 1.29 is 9.90 Å². The van der Waals surface area contributed by atoms with Gasteiger partial charge in [-0.25, -0.2) is 4.79 Å². The molecule has 0 aromatic heterocycles. The molecule has 2 unspecified atom stereocenters.